The summed E-state index contributed by atoms with van der Waals surface area (Å²) in [4.78, 5) is 51.1. The molecule has 0 aromatic heterocycles. The minimum absolute atomic E-state index is 0.0993. The predicted molar refractivity (Wildman–Crippen MR) is 115 cm³/mol. The molecular weight excluding hydrogens is 444 g/mol. The summed E-state index contributed by atoms with van der Waals surface area (Å²) in [5.74, 6) is -4.39. The lowest BCUT2D eigenvalue weighted by atomic mass is 10.2. The number of nitro groups is 1. The van der Waals surface area contributed by atoms with E-state index in [2.05, 4.69) is 18.5 Å². The highest BCUT2D eigenvalue weighted by molar-refractivity contribution is 5.77. The van der Waals surface area contributed by atoms with Gasteiger partial charge in [0.1, 0.15) is 12.6 Å². The lowest BCUT2D eigenvalue weighted by molar-refractivity contribution is -0.384. The number of carboxylic acids is 4. The van der Waals surface area contributed by atoms with E-state index in [1.165, 1.54) is 12.1 Å². The lowest BCUT2D eigenvalue weighted by Crippen LogP contribution is -2.38. The second kappa shape index (κ2) is 17.4. The first-order valence-electron chi connectivity index (χ1n) is 8.92. The summed E-state index contributed by atoms with van der Waals surface area (Å²) in [6.07, 6.45) is 2.31. The summed E-state index contributed by atoms with van der Waals surface area (Å²) in [5.41, 5.74) is 6.30. The molecule has 0 bridgehead atoms. The number of nitro benzene ring substituents is 1. The van der Waals surface area contributed by atoms with Gasteiger partial charge in [-0.25, -0.2) is 4.79 Å². The SMILES string of the molecule is C=CC(C(=O)O)N(C=C)CC(=O)O.NCc1ccc([N+](=O)[O-])cc1.O=C(O)CNCC(=O)O. The highest BCUT2D eigenvalue weighted by atomic mass is 16.6. The Labute approximate surface area is 188 Å². The molecule has 0 aliphatic rings. The van der Waals surface area contributed by atoms with Gasteiger partial charge in [-0.15, -0.1) is 6.58 Å². The van der Waals surface area contributed by atoms with E-state index in [0.717, 1.165) is 22.7 Å². The Bertz CT molecular complexity index is 812. The molecule has 182 valence electrons. The normalized spacial score (nSPS) is 10.1. The number of carbonyl (C=O) groups is 4. The largest absolute Gasteiger partial charge is 0.480 e. The molecule has 14 nitrogen and oxygen atoms in total. The number of nitrogens with zero attached hydrogens (tertiary/aromatic N) is 2. The minimum atomic E-state index is -1.16. The van der Waals surface area contributed by atoms with E-state index in [4.69, 9.17) is 26.2 Å². The third kappa shape index (κ3) is 16.1. The molecule has 0 saturated carbocycles. The summed E-state index contributed by atoms with van der Waals surface area (Å²) in [6.45, 7) is 5.99. The van der Waals surface area contributed by atoms with Gasteiger partial charge in [0.2, 0.25) is 0 Å². The number of nitrogens with two attached hydrogens (primary N) is 1. The second-order valence-corrected chi connectivity index (χ2v) is 5.79. The summed E-state index contributed by atoms with van der Waals surface area (Å²) < 4.78 is 0. The number of rotatable bonds is 12. The maximum atomic E-state index is 10.6. The standard InChI is InChI=1S/C8H11NO4.C7H8N2O2.C4H7NO4/c1-3-6(8(12)13)9(4-2)5-7(10)11;8-5-6-1-3-7(4-2-6)9(10)11;6-3(7)1-5-2-4(8)9/h3-4,6H,1-2,5H2,(H,10,11)(H,12,13);1-4H,5,8H2;5H,1-2H2,(H,6,7)(H,8,9). The maximum Gasteiger partial charge on any atom is 0.330 e. The Morgan fingerprint density at radius 3 is 1.79 bits per heavy atom. The smallest absolute Gasteiger partial charge is 0.330 e. The van der Waals surface area contributed by atoms with Gasteiger partial charge in [-0.3, -0.25) is 29.8 Å². The number of nitrogens with one attached hydrogen (secondary N) is 1. The molecule has 1 aromatic rings. The molecule has 0 amide bonds. The van der Waals surface area contributed by atoms with Crippen LogP contribution in [0.2, 0.25) is 0 Å². The molecule has 0 spiro atoms. The van der Waals surface area contributed by atoms with E-state index in [1.54, 1.807) is 12.1 Å². The summed E-state index contributed by atoms with van der Waals surface area (Å²) in [5, 5.41) is 45.4. The number of hydrogen-bond donors (Lipinski definition) is 6. The first kappa shape index (κ1) is 30.9. The fourth-order valence-corrected chi connectivity index (χ4v) is 1.84. The van der Waals surface area contributed by atoms with Crippen LogP contribution in [0.5, 0.6) is 0 Å². The highest BCUT2D eigenvalue weighted by Gasteiger charge is 2.20. The number of non-ortho nitro benzene ring substituents is 1. The van der Waals surface area contributed by atoms with Gasteiger partial charge in [0.05, 0.1) is 18.0 Å². The molecular formula is C19H26N4O10. The minimum Gasteiger partial charge on any atom is -0.480 e. The quantitative estimate of drug-likeness (QED) is 0.134. The van der Waals surface area contributed by atoms with Crippen LogP contribution in [0.1, 0.15) is 5.56 Å². The maximum absolute atomic E-state index is 10.6. The first-order chi connectivity index (χ1) is 15.4. The third-order valence-electron chi connectivity index (χ3n) is 3.32. The molecule has 33 heavy (non-hydrogen) atoms. The molecule has 14 heteroatoms. The van der Waals surface area contributed by atoms with Crippen LogP contribution in [0.3, 0.4) is 0 Å². The van der Waals surface area contributed by atoms with Crippen molar-refractivity contribution in [2.75, 3.05) is 19.6 Å². The number of carboxylic acid groups (broad SMARTS) is 4. The van der Waals surface area contributed by atoms with E-state index in [0.29, 0.717) is 6.54 Å². The van der Waals surface area contributed by atoms with Gasteiger partial charge in [0.25, 0.3) is 5.69 Å². The van der Waals surface area contributed by atoms with E-state index >= 15 is 0 Å². The molecule has 1 unspecified atom stereocenters. The van der Waals surface area contributed by atoms with Gasteiger partial charge in [0, 0.05) is 18.7 Å². The molecule has 1 atom stereocenters. The van der Waals surface area contributed by atoms with Crippen molar-refractivity contribution < 1.29 is 44.5 Å². The highest BCUT2D eigenvalue weighted by Crippen LogP contribution is 2.10. The Kier molecular flexibility index (Phi) is 16.3. The van der Waals surface area contributed by atoms with Crippen LogP contribution in [0.25, 0.3) is 0 Å². The van der Waals surface area contributed by atoms with Gasteiger partial charge >= 0.3 is 23.9 Å². The van der Waals surface area contributed by atoms with Crippen LogP contribution in [0, 0.1) is 10.1 Å². The Morgan fingerprint density at radius 2 is 1.52 bits per heavy atom. The molecule has 0 fully saturated rings. The Hall–Kier alpha value is -4.30. The van der Waals surface area contributed by atoms with Gasteiger partial charge in [-0.2, -0.15) is 0 Å². The van der Waals surface area contributed by atoms with Gasteiger partial charge in [-0.05, 0) is 11.8 Å². The summed E-state index contributed by atoms with van der Waals surface area (Å²) >= 11 is 0. The van der Waals surface area contributed by atoms with Crippen molar-refractivity contribution in [3.05, 3.63) is 65.4 Å². The predicted octanol–water partition coefficient (Wildman–Crippen LogP) is -0.0456. The van der Waals surface area contributed by atoms with E-state index in [-0.39, 0.29) is 18.8 Å². The van der Waals surface area contributed by atoms with Gasteiger partial charge < -0.3 is 31.1 Å². The van der Waals surface area contributed by atoms with Gasteiger partial charge in [0.15, 0.2) is 0 Å². The Morgan fingerprint density at radius 1 is 1.03 bits per heavy atom. The molecule has 0 saturated heterocycles. The molecule has 0 heterocycles. The molecule has 0 radical (unpaired) electrons. The molecule has 0 aliphatic carbocycles. The van der Waals surface area contributed by atoms with Crippen molar-refractivity contribution in [3.8, 4) is 0 Å². The van der Waals surface area contributed by atoms with E-state index in [9.17, 15) is 29.3 Å². The zero-order chi connectivity index (χ0) is 26.0. The Balaban J connectivity index is 0. The topological polar surface area (TPSA) is 234 Å². The van der Waals surface area contributed by atoms with Crippen molar-refractivity contribution in [2.45, 2.75) is 12.6 Å². The zero-order valence-electron chi connectivity index (χ0n) is 17.5. The average molecular weight is 470 g/mol. The van der Waals surface area contributed by atoms with Crippen LogP contribution < -0.4 is 11.1 Å². The van der Waals surface area contributed by atoms with Crippen molar-refractivity contribution in [3.63, 3.8) is 0 Å². The van der Waals surface area contributed by atoms with Crippen molar-refractivity contribution in [2.24, 2.45) is 5.73 Å². The van der Waals surface area contributed by atoms with Crippen LogP contribution in [0.4, 0.5) is 5.69 Å². The summed E-state index contributed by atoms with van der Waals surface area (Å²) in [6, 6.07) is 5.15. The van der Waals surface area contributed by atoms with Gasteiger partial charge in [-0.1, -0.05) is 24.8 Å². The first-order valence-corrected chi connectivity index (χ1v) is 8.92. The van der Waals surface area contributed by atoms with Crippen molar-refractivity contribution in [1.29, 1.82) is 0 Å². The lowest BCUT2D eigenvalue weighted by Gasteiger charge is -2.22. The number of aliphatic carboxylic acids is 4. The summed E-state index contributed by atoms with van der Waals surface area (Å²) in [7, 11) is 0. The van der Waals surface area contributed by atoms with Crippen molar-refractivity contribution >= 4 is 29.6 Å². The van der Waals surface area contributed by atoms with Crippen LogP contribution >= 0.6 is 0 Å². The molecule has 7 N–H and O–H groups in total. The van der Waals surface area contributed by atoms with E-state index < -0.39 is 41.4 Å². The zero-order valence-corrected chi connectivity index (χ0v) is 17.5. The molecule has 1 aromatic carbocycles. The average Bonchev–Trinajstić information content (AvgIpc) is 2.73. The molecule has 0 aliphatic heterocycles. The fourth-order valence-electron chi connectivity index (χ4n) is 1.84. The monoisotopic (exact) mass is 470 g/mol. The van der Waals surface area contributed by atoms with E-state index in [1.807, 2.05) is 0 Å². The number of benzene rings is 1. The van der Waals surface area contributed by atoms with Crippen LogP contribution in [0.15, 0.2) is 49.7 Å². The van der Waals surface area contributed by atoms with Crippen LogP contribution in [-0.2, 0) is 25.7 Å². The fraction of sp³-hybridized carbons (Fsp3) is 0.263. The number of hydrogen-bond acceptors (Lipinski definition) is 9. The second-order valence-electron chi connectivity index (χ2n) is 5.79. The van der Waals surface area contributed by atoms with Crippen LogP contribution in [-0.4, -0.2) is 79.8 Å². The van der Waals surface area contributed by atoms with Crippen molar-refractivity contribution in [1.82, 2.24) is 10.2 Å². The molecule has 1 rings (SSSR count). The third-order valence-corrected chi connectivity index (χ3v) is 3.32.